The van der Waals surface area contributed by atoms with Gasteiger partial charge in [0.05, 0.1) is 18.8 Å². The van der Waals surface area contributed by atoms with E-state index in [0.29, 0.717) is 30.7 Å². The van der Waals surface area contributed by atoms with Crippen LogP contribution in [0, 0.1) is 6.92 Å². The van der Waals surface area contributed by atoms with Crippen LogP contribution >= 0.6 is 0 Å². The highest BCUT2D eigenvalue weighted by molar-refractivity contribution is 5.97. The van der Waals surface area contributed by atoms with Gasteiger partial charge in [0.1, 0.15) is 5.75 Å². The van der Waals surface area contributed by atoms with Gasteiger partial charge in [-0.2, -0.15) is 0 Å². The van der Waals surface area contributed by atoms with E-state index in [-0.39, 0.29) is 12.0 Å². The zero-order valence-corrected chi connectivity index (χ0v) is 11.2. The van der Waals surface area contributed by atoms with Crippen molar-refractivity contribution in [3.05, 3.63) is 29.3 Å². The molecule has 100 valence electrons. The standard InChI is InChI=1S/C14H21NO3/c1-4-11(16)7-8-15-14(17)12-9-10(2)5-6-13(12)18-3/h5-6,9,11,16H,4,7-8H2,1-3H3,(H,15,17). The minimum absolute atomic E-state index is 0.168. The Hall–Kier alpha value is -1.55. The van der Waals surface area contributed by atoms with Crippen LogP contribution in [0.1, 0.15) is 35.7 Å². The number of benzene rings is 1. The first kappa shape index (κ1) is 14.5. The van der Waals surface area contributed by atoms with Crippen molar-refractivity contribution in [2.75, 3.05) is 13.7 Å². The van der Waals surface area contributed by atoms with E-state index in [2.05, 4.69) is 5.32 Å². The van der Waals surface area contributed by atoms with Gasteiger partial charge in [-0.15, -0.1) is 0 Å². The fourth-order valence-electron chi connectivity index (χ4n) is 1.65. The monoisotopic (exact) mass is 251 g/mol. The number of nitrogens with one attached hydrogen (secondary N) is 1. The number of carbonyl (C=O) groups is 1. The predicted octanol–water partition coefficient (Wildman–Crippen LogP) is 1.89. The number of hydrogen-bond donors (Lipinski definition) is 2. The summed E-state index contributed by atoms with van der Waals surface area (Å²) in [5, 5.41) is 12.2. The normalized spacial score (nSPS) is 12.0. The summed E-state index contributed by atoms with van der Waals surface area (Å²) in [4.78, 5) is 12.0. The van der Waals surface area contributed by atoms with Crippen LogP contribution in [0.15, 0.2) is 18.2 Å². The van der Waals surface area contributed by atoms with Crippen molar-refractivity contribution < 1.29 is 14.6 Å². The zero-order valence-electron chi connectivity index (χ0n) is 11.2. The molecular weight excluding hydrogens is 230 g/mol. The van der Waals surface area contributed by atoms with Gasteiger partial charge in [-0.1, -0.05) is 18.6 Å². The van der Waals surface area contributed by atoms with Gasteiger partial charge >= 0.3 is 0 Å². The first-order chi connectivity index (χ1) is 8.58. The average Bonchev–Trinajstić information content (AvgIpc) is 2.38. The van der Waals surface area contributed by atoms with E-state index < -0.39 is 0 Å². The Morgan fingerprint density at radius 1 is 1.50 bits per heavy atom. The lowest BCUT2D eigenvalue weighted by Crippen LogP contribution is -2.27. The highest BCUT2D eigenvalue weighted by Crippen LogP contribution is 2.19. The number of carbonyl (C=O) groups excluding carboxylic acids is 1. The molecule has 1 aromatic rings. The second-order valence-corrected chi connectivity index (χ2v) is 4.31. The third-order valence-electron chi connectivity index (χ3n) is 2.83. The predicted molar refractivity (Wildman–Crippen MR) is 71.0 cm³/mol. The third-order valence-corrected chi connectivity index (χ3v) is 2.83. The van der Waals surface area contributed by atoms with E-state index in [9.17, 15) is 9.90 Å². The van der Waals surface area contributed by atoms with Gasteiger partial charge in [0, 0.05) is 6.54 Å². The van der Waals surface area contributed by atoms with Crippen molar-refractivity contribution in [2.24, 2.45) is 0 Å². The van der Waals surface area contributed by atoms with Crippen LogP contribution in [-0.2, 0) is 0 Å². The number of aryl methyl sites for hydroxylation is 1. The molecule has 0 saturated carbocycles. The molecule has 0 fully saturated rings. The van der Waals surface area contributed by atoms with Gasteiger partial charge in [-0.25, -0.2) is 0 Å². The summed E-state index contributed by atoms with van der Waals surface area (Å²) < 4.78 is 5.16. The van der Waals surface area contributed by atoms with Crippen molar-refractivity contribution in [2.45, 2.75) is 32.8 Å². The number of methoxy groups -OCH3 is 1. The molecule has 1 amide bonds. The van der Waals surface area contributed by atoms with E-state index >= 15 is 0 Å². The number of ether oxygens (including phenoxy) is 1. The second kappa shape index (κ2) is 7.01. The first-order valence-electron chi connectivity index (χ1n) is 6.19. The molecule has 4 nitrogen and oxygen atoms in total. The molecule has 18 heavy (non-hydrogen) atoms. The number of amides is 1. The van der Waals surface area contributed by atoms with Crippen LogP contribution in [0.25, 0.3) is 0 Å². The van der Waals surface area contributed by atoms with Crippen molar-refractivity contribution in [3.8, 4) is 5.75 Å². The Morgan fingerprint density at radius 3 is 2.83 bits per heavy atom. The smallest absolute Gasteiger partial charge is 0.255 e. The molecule has 0 aromatic heterocycles. The van der Waals surface area contributed by atoms with Crippen LogP contribution < -0.4 is 10.1 Å². The zero-order chi connectivity index (χ0) is 13.5. The molecule has 0 aliphatic carbocycles. The van der Waals surface area contributed by atoms with Crippen LogP contribution in [0.3, 0.4) is 0 Å². The molecule has 0 radical (unpaired) electrons. The average molecular weight is 251 g/mol. The lowest BCUT2D eigenvalue weighted by atomic mass is 10.1. The van der Waals surface area contributed by atoms with Crippen molar-refractivity contribution >= 4 is 5.91 Å². The Labute approximate surface area is 108 Å². The Morgan fingerprint density at radius 2 is 2.22 bits per heavy atom. The summed E-state index contributed by atoms with van der Waals surface area (Å²) >= 11 is 0. The number of hydrogen-bond acceptors (Lipinski definition) is 3. The number of aliphatic hydroxyl groups excluding tert-OH is 1. The van der Waals surface area contributed by atoms with E-state index in [4.69, 9.17) is 4.74 Å². The third kappa shape index (κ3) is 4.04. The van der Waals surface area contributed by atoms with Crippen molar-refractivity contribution in [3.63, 3.8) is 0 Å². The van der Waals surface area contributed by atoms with E-state index in [1.54, 1.807) is 19.2 Å². The maximum Gasteiger partial charge on any atom is 0.255 e. The molecule has 0 saturated heterocycles. The van der Waals surface area contributed by atoms with Crippen LogP contribution in [0.5, 0.6) is 5.75 Å². The van der Waals surface area contributed by atoms with Gasteiger partial charge in [0.25, 0.3) is 5.91 Å². The highest BCUT2D eigenvalue weighted by Gasteiger charge is 2.12. The molecule has 1 unspecified atom stereocenters. The molecule has 0 bridgehead atoms. The van der Waals surface area contributed by atoms with Crippen LogP contribution in [-0.4, -0.2) is 30.8 Å². The summed E-state index contributed by atoms with van der Waals surface area (Å²) in [6.07, 6.45) is 0.907. The molecular formula is C14H21NO3. The first-order valence-corrected chi connectivity index (χ1v) is 6.19. The second-order valence-electron chi connectivity index (χ2n) is 4.31. The Bertz CT molecular complexity index is 404. The van der Waals surface area contributed by atoms with Gasteiger partial charge in [-0.05, 0) is 31.9 Å². The van der Waals surface area contributed by atoms with Crippen LogP contribution in [0.2, 0.25) is 0 Å². The van der Waals surface area contributed by atoms with Gasteiger partial charge in [-0.3, -0.25) is 4.79 Å². The molecule has 2 N–H and O–H groups in total. The molecule has 0 heterocycles. The minimum Gasteiger partial charge on any atom is -0.496 e. The molecule has 0 aliphatic rings. The summed E-state index contributed by atoms with van der Waals surface area (Å²) in [7, 11) is 1.54. The number of rotatable bonds is 6. The minimum atomic E-state index is -0.357. The lowest BCUT2D eigenvalue weighted by Gasteiger charge is -2.11. The van der Waals surface area contributed by atoms with E-state index in [1.807, 2.05) is 19.9 Å². The summed E-state index contributed by atoms with van der Waals surface area (Å²) in [6.45, 7) is 4.30. The quantitative estimate of drug-likeness (QED) is 0.811. The van der Waals surface area contributed by atoms with Crippen molar-refractivity contribution in [1.29, 1.82) is 0 Å². The fourth-order valence-corrected chi connectivity index (χ4v) is 1.65. The SMILES string of the molecule is CCC(O)CCNC(=O)c1cc(C)ccc1OC. The molecule has 0 aliphatic heterocycles. The van der Waals surface area contributed by atoms with Gasteiger partial charge in [0.15, 0.2) is 0 Å². The molecule has 1 atom stereocenters. The Balaban J connectivity index is 2.63. The summed E-state index contributed by atoms with van der Waals surface area (Å²) in [6, 6.07) is 5.48. The Kier molecular flexibility index (Phi) is 5.65. The maximum absolute atomic E-state index is 12.0. The maximum atomic E-state index is 12.0. The molecule has 4 heteroatoms. The largest absolute Gasteiger partial charge is 0.496 e. The molecule has 0 spiro atoms. The fraction of sp³-hybridized carbons (Fsp3) is 0.500. The number of aliphatic hydroxyl groups is 1. The molecule has 1 aromatic carbocycles. The van der Waals surface area contributed by atoms with Gasteiger partial charge in [0.2, 0.25) is 0 Å². The summed E-state index contributed by atoms with van der Waals surface area (Å²) in [5.74, 6) is 0.396. The van der Waals surface area contributed by atoms with E-state index in [0.717, 1.165) is 5.56 Å². The lowest BCUT2D eigenvalue weighted by molar-refractivity contribution is 0.0939. The van der Waals surface area contributed by atoms with Gasteiger partial charge < -0.3 is 15.2 Å². The van der Waals surface area contributed by atoms with E-state index in [1.165, 1.54) is 0 Å². The highest BCUT2D eigenvalue weighted by atomic mass is 16.5. The van der Waals surface area contributed by atoms with Crippen molar-refractivity contribution in [1.82, 2.24) is 5.32 Å². The topological polar surface area (TPSA) is 58.6 Å². The summed E-state index contributed by atoms with van der Waals surface area (Å²) in [5.41, 5.74) is 1.54. The van der Waals surface area contributed by atoms with Crippen LogP contribution in [0.4, 0.5) is 0 Å². The molecule has 1 rings (SSSR count).